The monoisotopic (exact) mass is 269 g/mol. The van der Waals surface area contributed by atoms with Gasteiger partial charge < -0.3 is 10.1 Å². The molecule has 0 bridgehead atoms. The number of hydrogen-bond donors (Lipinski definition) is 1. The van der Waals surface area contributed by atoms with Crippen LogP contribution in [-0.4, -0.2) is 22.5 Å². The fourth-order valence-electron chi connectivity index (χ4n) is 2.06. The molecule has 0 saturated carbocycles. The first-order valence-corrected chi connectivity index (χ1v) is 6.52. The van der Waals surface area contributed by atoms with Gasteiger partial charge in [0.15, 0.2) is 18.2 Å². The Kier molecular flexibility index (Phi) is 3.10. The molecule has 1 N–H and O–H groups in total. The van der Waals surface area contributed by atoms with Gasteiger partial charge in [-0.1, -0.05) is 13.8 Å². The van der Waals surface area contributed by atoms with Gasteiger partial charge in [-0.05, 0) is 29.7 Å². The van der Waals surface area contributed by atoms with Crippen LogP contribution >= 0.6 is 0 Å². The van der Waals surface area contributed by atoms with Crippen LogP contribution in [0.3, 0.4) is 0 Å². The van der Waals surface area contributed by atoms with Gasteiger partial charge in [-0.2, -0.15) is 0 Å². The number of carbonyl (C=O) groups is 1. The van der Waals surface area contributed by atoms with E-state index in [0.717, 1.165) is 11.3 Å². The minimum Gasteiger partial charge on any atom is -0.480 e. The molecule has 0 aliphatic carbocycles. The molecule has 1 amide bonds. The topological polar surface area (TPSA) is 64.1 Å². The van der Waals surface area contributed by atoms with E-state index in [0.29, 0.717) is 17.5 Å². The van der Waals surface area contributed by atoms with Crippen molar-refractivity contribution in [3.63, 3.8) is 0 Å². The third-order valence-electron chi connectivity index (χ3n) is 3.22. The van der Waals surface area contributed by atoms with E-state index in [4.69, 9.17) is 4.74 Å². The molecule has 5 nitrogen and oxygen atoms in total. The van der Waals surface area contributed by atoms with E-state index in [1.54, 1.807) is 12.4 Å². The molecule has 3 heterocycles. The number of anilines is 1. The molecule has 0 spiro atoms. The highest BCUT2D eigenvalue weighted by atomic mass is 16.5. The molecule has 102 valence electrons. The number of ether oxygens (including phenoxy) is 1. The molecule has 5 heteroatoms. The minimum absolute atomic E-state index is 0.0254. The molecule has 3 rings (SSSR count). The number of nitrogens with zero attached hydrogens (tertiary/aromatic N) is 2. The average Bonchev–Trinajstić information content (AvgIpc) is 2.47. The van der Waals surface area contributed by atoms with Crippen LogP contribution in [0.15, 0.2) is 30.6 Å². The fourth-order valence-corrected chi connectivity index (χ4v) is 2.06. The highest BCUT2D eigenvalue weighted by Gasteiger charge is 2.18. The SMILES string of the molecule is CC(C)c1ccnc(-c2cnc3c(c2)OCC(=O)N3)c1. The zero-order valence-corrected chi connectivity index (χ0v) is 11.4. The molecule has 2 aromatic heterocycles. The summed E-state index contributed by atoms with van der Waals surface area (Å²) in [6, 6.07) is 5.92. The standard InChI is InChI=1S/C15H15N3O2/c1-9(2)10-3-4-16-12(5-10)11-6-13-15(17-7-11)18-14(19)8-20-13/h3-7,9H,8H2,1-2H3,(H,17,18,19). The second kappa shape index (κ2) is 4.92. The Bertz CT molecular complexity index is 668. The van der Waals surface area contributed by atoms with E-state index in [1.807, 2.05) is 12.1 Å². The molecule has 2 aromatic rings. The van der Waals surface area contributed by atoms with Crippen molar-refractivity contribution in [3.8, 4) is 17.0 Å². The van der Waals surface area contributed by atoms with Crippen LogP contribution in [-0.2, 0) is 4.79 Å². The Morgan fingerprint density at radius 2 is 2.15 bits per heavy atom. The van der Waals surface area contributed by atoms with Crippen molar-refractivity contribution >= 4 is 11.7 Å². The Labute approximate surface area is 117 Å². The molecule has 0 aromatic carbocycles. The maximum atomic E-state index is 11.2. The summed E-state index contributed by atoms with van der Waals surface area (Å²) in [4.78, 5) is 19.8. The molecule has 0 saturated heterocycles. The Hall–Kier alpha value is -2.43. The zero-order valence-electron chi connectivity index (χ0n) is 11.4. The van der Waals surface area contributed by atoms with Gasteiger partial charge in [0.2, 0.25) is 0 Å². The van der Waals surface area contributed by atoms with Crippen LogP contribution in [0, 0.1) is 0 Å². The molecule has 0 unspecified atom stereocenters. The molecule has 0 atom stereocenters. The summed E-state index contributed by atoms with van der Waals surface area (Å²) in [7, 11) is 0. The molecule has 0 radical (unpaired) electrons. The lowest BCUT2D eigenvalue weighted by atomic mass is 10.0. The van der Waals surface area contributed by atoms with Crippen molar-refractivity contribution in [2.24, 2.45) is 0 Å². The van der Waals surface area contributed by atoms with Crippen molar-refractivity contribution in [3.05, 3.63) is 36.2 Å². The first kappa shape index (κ1) is 12.6. The number of carbonyl (C=O) groups excluding carboxylic acids is 1. The van der Waals surface area contributed by atoms with Crippen LogP contribution in [0.25, 0.3) is 11.3 Å². The molecule has 1 aliphatic rings. The van der Waals surface area contributed by atoms with E-state index in [9.17, 15) is 4.79 Å². The van der Waals surface area contributed by atoms with Crippen LogP contribution in [0.5, 0.6) is 5.75 Å². The third-order valence-corrected chi connectivity index (χ3v) is 3.22. The van der Waals surface area contributed by atoms with Crippen LogP contribution in [0.1, 0.15) is 25.3 Å². The van der Waals surface area contributed by atoms with E-state index in [1.165, 1.54) is 5.56 Å². The summed E-state index contributed by atoms with van der Waals surface area (Å²) in [5.41, 5.74) is 2.95. The van der Waals surface area contributed by atoms with Gasteiger partial charge in [-0.25, -0.2) is 4.98 Å². The van der Waals surface area contributed by atoms with E-state index in [2.05, 4.69) is 35.2 Å². The lowest BCUT2D eigenvalue weighted by Crippen LogP contribution is -2.26. The summed E-state index contributed by atoms with van der Waals surface area (Å²) in [6.45, 7) is 4.31. The number of amides is 1. The van der Waals surface area contributed by atoms with Crippen LogP contribution in [0.2, 0.25) is 0 Å². The van der Waals surface area contributed by atoms with Gasteiger partial charge in [-0.3, -0.25) is 9.78 Å². The van der Waals surface area contributed by atoms with Crippen molar-refractivity contribution in [1.29, 1.82) is 0 Å². The maximum absolute atomic E-state index is 11.2. The van der Waals surface area contributed by atoms with Gasteiger partial charge in [0.05, 0.1) is 5.69 Å². The number of rotatable bonds is 2. The predicted octanol–water partition coefficient (Wildman–Crippen LogP) is 2.60. The summed E-state index contributed by atoms with van der Waals surface area (Å²) in [6.07, 6.45) is 3.49. The first-order chi connectivity index (χ1) is 9.63. The quantitative estimate of drug-likeness (QED) is 0.910. The minimum atomic E-state index is -0.183. The smallest absolute Gasteiger partial charge is 0.263 e. The van der Waals surface area contributed by atoms with Gasteiger partial charge in [-0.15, -0.1) is 0 Å². The predicted molar refractivity (Wildman–Crippen MR) is 75.7 cm³/mol. The van der Waals surface area contributed by atoms with E-state index >= 15 is 0 Å². The first-order valence-electron chi connectivity index (χ1n) is 6.52. The molecular weight excluding hydrogens is 254 g/mol. The van der Waals surface area contributed by atoms with Crippen molar-refractivity contribution < 1.29 is 9.53 Å². The second-order valence-electron chi connectivity index (χ2n) is 5.04. The molecular formula is C15H15N3O2. The van der Waals surface area contributed by atoms with E-state index in [-0.39, 0.29) is 12.5 Å². The zero-order chi connectivity index (χ0) is 14.1. The van der Waals surface area contributed by atoms with Gasteiger partial charge in [0.25, 0.3) is 5.91 Å². The molecule has 1 aliphatic heterocycles. The van der Waals surface area contributed by atoms with Crippen LogP contribution in [0.4, 0.5) is 5.82 Å². The van der Waals surface area contributed by atoms with Gasteiger partial charge >= 0.3 is 0 Å². The number of hydrogen-bond acceptors (Lipinski definition) is 4. The maximum Gasteiger partial charge on any atom is 0.263 e. The lowest BCUT2D eigenvalue weighted by molar-refractivity contribution is -0.118. The Morgan fingerprint density at radius 1 is 1.30 bits per heavy atom. The number of nitrogens with one attached hydrogen (secondary N) is 1. The third kappa shape index (κ3) is 2.34. The summed E-state index contributed by atoms with van der Waals surface area (Å²) < 4.78 is 5.37. The number of fused-ring (bicyclic) bond motifs is 1. The largest absolute Gasteiger partial charge is 0.480 e. The lowest BCUT2D eigenvalue weighted by Gasteiger charge is -2.17. The van der Waals surface area contributed by atoms with E-state index < -0.39 is 0 Å². The fraction of sp³-hybridized carbons (Fsp3) is 0.267. The summed E-state index contributed by atoms with van der Waals surface area (Å²) in [5, 5.41) is 2.67. The highest BCUT2D eigenvalue weighted by molar-refractivity contribution is 5.94. The van der Waals surface area contributed by atoms with Gasteiger partial charge in [0, 0.05) is 18.0 Å². The average molecular weight is 269 g/mol. The Balaban J connectivity index is 1.99. The Morgan fingerprint density at radius 3 is 2.95 bits per heavy atom. The molecule has 20 heavy (non-hydrogen) atoms. The second-order valence-corrected chi connectivity index (χ2v) is 5.04. The van der Waals surface area contributed by atoms with Crippen molar-refractivity contribution in [2.75, 3.05) is 11.9 Å². The summed E-state index contributed by atoms with van der Waals surface area (Å²) >= 11 is 0. The number of pyridine rings is 2. The van der Waals surface area contributed by atoms with Crippen molar-refractivity contribution in [1.82, 2.24) is 9.97 Å². The normalized spacial score (nSPS) is 13.7. The summed E-state index contributed by atoms with van der Waals surface area (Å²) in [5.74, 6) is 1.31. The van der Waals surface area contributed by atoms with Gasteiger partial charge in [0.1, 0.15) is 0 Å². The molecule has 0 fully saturated rings. The van der Waals surface area contributed by atoms with Crippen molar-refractivity contribution in [2.45, 2.75) is 19.8 Å². The van der Waals surface area contributed by atoms with Crippen LogP contribution < -0.4 is 10.1 Å². The number of aromatic nitrogens is 2. The highest BCUT2D eigenvalue weighted by Crippen LogP contribution is 2.30.